The molecule has 0 spiro atoms. The highest BCUT2D eigenvalue weighted by Crippen LogP contribution is 2.24. The molecule has 0 N–H and O–H groups in total. The zero-order chi connectivity index (χ0) is 21.1. The van der Waals surface area contributed by atoms with Gasteiger partial charge in [-0.1, -0.05) is 27.6 Å². The van der Waals surface area contributed by atoms with Gasteiger partial charge < -0.3 is 19.2 Å². The summed E-state index contributed by atoms with van der Waals surface area (Å²) in [5.41, 5.74) is 3.38. The fourth-order valence-electron chi connectivity index (χ4n) is 2.25. The molecule has 0 aromatic heterocycles. The van der Waals surface area contributed by atoms with E-state index in [1.54, 1.807) is 19.9 Å². The summed E-state index contributed by atoms with van der Waals surface area (Å²) in [7, 11) is 5.49. The first kappa shape index (κ1) is 22.9. The largest absolute Gasteiger partial charge is 0.451 e. The molecule has 154 valence electrons. The quantitative estimate of drug-likeness (QED) is 0.471. The number of nitrogens with zero attached hydrogens (tertiary/aromatic N) is 4. The van der Waals surface area contributed by atoms with Crippen molar-refractivity contribution in [1.82, 2.24) is 0 Å². The van der Waals surface area contributed by atoms with Crippen LogP contribution in [0, 0.1) is 6.92 Å². The van der Waals surface area contributed by atoms with Crippen molar-refractivity contribution in [3.05, 3.63) is 29.3 Å². The third-order valence-electron chi connectivity index (χ3n) is 3.50. The van der Waals surface area contributed by atoms with Crippen LogP contribution in [0.4, 0.5) is 10.5 Å². The Morgan fingerprint density at radius 3 is 2.21 bits per heavy atom. The molecule has 28 heavy (non-hydrogen) atoms. The molecular formula is C18H26N4O6. The van der Waals surface area contributed by atoms with Gasteiger partial charge in [-0.05, 0) is 32.4 Å². The Labute approximate surface area is 164 Å². The van der Waals surface area contributed by atoms with Crippen LogP contribution in [0.3, 0.4) is 0 Å². The lowest BCUT2D eigenvalue weighted by atomic mass is 10.1. The molecule has 0 aliphatic carbocycles. The molecule has 10 heteroatoms. The maximum Gasteiger partial charge on any atom is 0.438 e. The van der Waals surface area contributed by atoms with Crippen LogP contribution in [0.15, 0.2) is 33.7 Å². The highest BCUT2D eigenvalue weighted by Gasteiger charge is 2.20. The van der Waals surface area contributed by atoms with Gasteiger partial charge in [0.1, 0.15) is 32.2 Å². The minimum absolute atomic E-state index is 0.0739. The molecule has 10 nitrogen and oxygen atoms in total. The Balaban J connectivity index is 3.06. The number of hydroxylamine groups is 1. The number of benzene rings is 1. The first-order chi connectivity index (χ1) is 13.4. The van der Waals surface area contributed by atoms with Crippen LogP contribution in [-0.4, -0.2) is 51.7 Å². The molecule has 0 unspecified atom stereocenters. The number of oxime groups is 3. The number of ether oxygens (including phenoxy) is 1. The predicted molar refractivity (Wildman–Crippen MR) is 106 cm³/mol. The predicted octanol–water partition coefficient (Wildman–Crippen LogP) is 3.05. The summed E-state index contributed by atoms with van der Waals surface area (Å²) in [6.45, 7) is 5.36. The van der Waals surface area contributed by atoms with Gasteiger partial charge in [-0.3, -0.25) is 4.84 Å². The van der Waals surface area contributed by atoms with Crippen molar-refractivity contribution in [3.8, 4) is 0 Å². The third kappa shape index (κ3) is 6.23. The minimum Gasteiger partial charge on any atom is -0.451 e. The third-order valence-corrected chi connectivity index (χ3v) is 3.50. The van der Waals surface area contributed by atoms with Crippen LogP contribution in [0.1, 0.15) is 25.0 Å². The van der Waals surface area contributed by atoms with Gasteiger partial charge in [0, 0.05) is 5.56 Å². The van der Waals surface area contributed by atoms with E-state index in [4.69, 9.17) is 24.1 Å². The molecule has 0 heterocycles. The van der Waals surface area contributed by atoms with E-state index < -0.39 is 6.09 Å². The van der Waals surface area contributed by atoms with E-state index in [9.17, 15) is 4.79 Å². The van der Waals surface area contributed by atoms with Gasteiger partial charge in [0.25, 0.3) is 0 Å². The van der Waals surface area contributed by atoms with E-state index in [1.165, 1.54) is 28.4 Å². The summed E-state index contributed by atoms with van der Waals surface area (Å²) >= 11 is 0. The molecule has 1 amide bonds. The zero-order valence-corrected chi connectivity index (χ0v) is 17.2. The maximum atomic E-state index is 11.9. The lowest BCUT2D eigenvalue weighted by molar-refractivity contribution is 0.111. The van der Waals surface area contributed by atoms with Crippen LogP contribution >= 0.6 is 0 Å². The second kappa shape index (κ2) is 11.5. The summed E-state index contributed by atoms with van der Waals surface area (Å²) in [4.78, 5) is 32.1. The number of carbonyl (C=O) groups excluding carboxylic acids is 1. The normalized spacial score (nSPS) is 12.5. The lowest BCUT2D eigenvalue weighted by Crippen LogP contribution is -2.30. The number of aryl methyl sites for hydroxylation is 1. The Bertz CT molecular complexity index is 760. The Morgan fingerprint density at radius 2 is 1.64 bits per heavy atom. The second-order valence-corrected chi connectivity index (χ2v) is 5.51. The summed E-state index contributed by atoms with van der Waals surface area (Å²) in [5, 5.41) is 12.8. The van der Waals surface area contributed by atoms with Gasteiger partial charge in [-0.2, -0.15) is 5.06 Å². The van der Waals surface area contributed by atoms with Crippen LogP contribution in [0.25, 0.3) is 0 Å². The zero-order valence-electron chi connectivity index (χ0n) is 17.2. The topological polar surface area (TPSA) is 104 Å². The van der Waals surface area contributed by atoms with Crippen LogP contribution in [0.2, 0.25) is 0 Å². The molecule has 0 radical (unpaired) electrons. The van der Waals surface area contributed by atoms with Crippen LogP contribution < -0.4 is 5.06 Å². The standard InChI is InChI=1S/C18H26N4O6/c1-12-8-9-15(16(10-12)22(27-7)18(23)24-4)11-28-20-14(3)17(21-26-6)13(2)19-25-5/h8-10H,11H2,1-7H3/b19-13+,20-14+,21-17+. The average Bonchev–Trinajstić information content (AvgIpc) is 2.68. The van der Waals surface area contributed by atoms with Crippen molar-refractivity contribution < 1.29 is 28.9 Å². The van der Waals surface area contributed by atoms with E-state index in [0.29, 0.717) is 28.4 Å². The summed E-state index contributed by atoms with van der Waals surface area (Å²) in [5.74, 6) is 0. The monoisotopic (exact) mass is 394 g/mol. The van der Waals surface area contributed by atoms with Crippen molar-refractivity contribution >= 4 is 28.9 Å². The maximum absolute atomic E-state index is 11.9. The highest BCUT2D eigenvalue weighted by molar-refractivity contribution is 6.67. The van der Waals surface area contributed by atoms with Crippen molar-refractivity contribution in [3.63, 3.8) is 0 Å². The molecule has 0 fully saturated rings. The van der Waals surface area contributed by atoms with Gasteiger partial charge in [0.2, 0.25) is 0 Å². The average molecular weight is 394 g/mol. The number of methoxy groups -OCH3 is 1. The molecular weight excluding hydrogens is 368 g/mol. The number of anilines is 1. The molecule has 0 aliphatic heterocycles. The Morgan fingerprint density at radius 1 is 1.00 bits per heavy atom. The molecule has 1 aromatic rings. The van der Waals surface area contributed by atoms with Crippen LogP contribution in [0.5, 0.6) is 0 Å². The van der Waals surface area contributed by atoms with Crippen molar-refractivity contribution in [2.75, 3.05) is 33.5 Å². The van der Waals surface area contributed by atoms with Gasteiger partial charge in [-0.25, -0.2) is 4.79 Å². The first-order valence-corrected chi connectivity index (χ1v) is 8.27. The lowest BCUT2D eigenvalue weighted by Gasteiger charge is -2.21. The number of hydrogen-bond acceptors (Lipinski definition) is 9. The summed E-state index contributed by atoms with van der Waals surface area (Å²) in [6, 6.07) is 5.48. The number of amides is 1. The molecule has 1 rings (SSSR count). The molecule has 0 atom stereocenters. The number of hydrogen-bond donors (Lipinski definition) is 0. The van der Waals surface area contributed by atoms with E-state index in [0.717, 1.165) is 10.6 Å². The SMILES string of the molecule is CO/N=C(C)/C(=N\OC)C(/C)=N/OCc1ccc(C)cc1N(OC)C(=O)OC. The Hall–Kier alpha value is -3.14. The van der Waals surface area contributed by atoms with E-state index in [2.05, 4.69) is 15.5 Å². The van der Waals surface area contributed by atoms with Crippen molar-refractivity contribution in [2.45, 2.75) is 27.4 Å². The first-order valence-electron chi connectivity index (χ1n) is 8.27. The smallest absolute Gasteiger partial charge is 0.438 e. The molecule has 0 bridgehead atoms. The van der Waals surface area contributed by atoms with E-state index in [-0.39, 0.29) is 6.61 Å². The molecule has 0 aliphatic rings. The summed E-state index contributed by atoms with van der Waals surface area (Å²) in [6.07, 6.45) is -0.657. The fourth-order valence-corrected chi connectivity index (χ4v) is 2.25. The van der Waals surface area contributed by atoms with Gasteiger partial charge in [-0.15, -0.1) is 0 Å². The number of carbonyl (C=O) groups is 1. The van der Waals surface area contributed by atoms with E-state index in [1.807, 2.05) is 19.1 Å². The van der Waals surface area contributed by atoms with Gasteiger partial charge in [0.15, 0.2) is 5.71 Å². The molecule has 1 aromatic carbocycles. The highest BCUT2D eigenvalue weighted by atomic mass is 16.7. The van der Waals surface area contributed by atoms with Gasteiger partial charge >= 0.3 is 6.09 Å². The fraction of sp³-hybridized carbons (Fsp3) is 0.444. The number of rotatable bonds is 9. The van der Waals surface area contributed by atoms with Crippen LogP contribution in [-0.2, 0) is 30.7 Å². The molecule has 0 saturated carbocycles. The van der Waals surface area contributed by atoms with Crippen molar-refractivity contribution in [1.29, 1.82) is 0 Å². The Kier molecular flexibility index (Phi) is 9.44. The second-order valence-electron chi connectivity index (χ2n) is 5.51. The minimum atomic E-state index is -0.657. The van der Waals surface area contributed by atoms with Gasteiger partial charge in [0.05, 0.1) is 19.9 Å². The van der Waals surface area contributed by atoms with E-state index >= 15 is 0 Å². The summed E-state index contributed by atoms with van der Waals surface area (Å²) < 4.78 is 4.74. The molecule has 0 saturated heterocycles. The van der Waals surface area contributed by atoms with Crippen molar-refractivity contribution in [2.24, 2.45) is 15.5 Å².